The van der Waals surface area contributed by atoms with Gasteiger partial charge in [0.2, 0.25) is 17.7 Å². The largest absolute Gasteiger partial charge is 0.481 e. The Labute approximate surface area is 200 Å². The van der Waals surface area contributed by atoms with E-state index >= 15 is 0 Å². The van der Waals surface area contributed by atoms with E-state index in [9.17, 15) is 24.0 Å². The molecule has 0 saturated heterocycles. The number of rotatable bonds is 15. The van der Waals surface area contributed by atoms with Gasteiger partial charge in [0.15, 0.2) is 0 Å². The maximum absolute atomic E-state index is 13.0. The van der Waals surface area contributed by atoms with Crippen LogP contribution in [0.25, 0.3) is 0 Å². The molecular formula is C21H30N4O8S. The number of nitrogens with two attached hydrogens (primary N) is 1. The lowest BCUT2D eigenvalue weighted by Crippen LogP contribution is -2.58. The van der Waals surface area contributed by atoms with Crippen LogP contribution in [0.15, 0.2) is 30.3 Å². The molecule has 0 aliphatic heterocycles. The van der Waals surface area contributed by atoms with Crippen molar-refractivity contribution in [3.63, 3.8) is 0 Å². The lowest BCUT2D eigenvalue weighted by molar-refractivity contribution is -0.144. The molecule has 0 fully saturated rings. The number of carboxylic acid groups (broad SMARTS) is 2. The van der Waals surface area contributed by atoms with Crippen LogP contribution in [-0.2, 0) is 30.4 Å². The van der Waals surface area contributed by atoms with Gasteiger partial charge in [-0.3, -0.25) is 19.2 Å². The molecule has 3 amide bonds. The van der Waals surface area contributed by atoms with Crippen LogP contribution in [0.3, 0.4) is 0 Å². The Morgan fingerprint density at radius 3 is 2.00 bits per heavy atom. The Kier molecular flexibility index (Phi) is 12.6. The summed E-state index contributed by atoms with van der Waals surface area (Å²) in [5.74, 6) is -4.90. The number of nitrogens with one attached hydrogen (secondary N) is 3. The Morgan fingerprint density at radius 2 is 1.47 bits per heavy atom. The average Bonchev–Trinajstić information content (AvgIpc) is 2.79. The van der Waals surface area contributed by atoms with Crippen molar-refractivity contribution in [1.29, 1.82) is 0 Å². The standard InChI is InChI=1S/C21H30N4O8S/c1-34-8-7-13(22)18(29)23-14(9-12-5-3-2-4-6-12)19(30)24-15(10-17(27)28)20(31)25-16(11-26)21(32)33/h2-6,13-16,26H,7-11,22H2,1H3,(H,23,29)(H,24,30)(H,25,31)(H,27,28)(H,32,33). The van der Waals surface area contributed by atoms with E-state index in [-0.39, 0.29) is 6.42 Å². The fraction of sp³-hybridized carbons (Fsp3) is 0.476. The molecule has 34 heavy (non-hydrogen) atoms. The van der Waals surface area contributed by atoms with Crippen LogP contribution < -0.4 is 21.7 Å². The first-order valence-electron chi connectivity index (χ1n) is 10.3. The summed E-state index contributed by atoms with van der Waals surface area (Å²) in [6.07, 6.45) is 1.40. The van der Waals surface area contributed by atoms with Crippen LogP contribution in [0.5, 0.6) is 0 Å². The summed E-state index contributed by atoms with van der Waals surface area (Å²) in [7, 11) is 0. The van der Waals surface area contributed by atoms with Gasteiger partial charge >= 0.3 is 11.9 Å². The molecule has 4 unspecified atom stereocenters. The average molecular weight is 499 g/mol. The summed E-state index contributed by atoms with van der Waals surface area (Å²) < 4.78 is 0. The van der Waals surface area contributed by atoms with E-state index < -0.39 is 66.9 Å². The van der Waals surface area contributed by atoms with Crippen molar-refractivity contribution in [1.82, 2.24) is 16.0 Å². The number of carbonyl (C=O) groups excluding carboxylic acids is 3. The SMILES string of the molecule is CSCCC(N)C(=O)NC(Cc1ccccc1)C(=O)NC(CC(=O)O)C(=O)NC(CO)C(=O)O. The van der Waals surface area contributed by atoms with Crippen molar-refractivity contribution >= 4 is 41.4 Å². The first kappa shape index (κ1) is 28.9. The third-order valence-corrected chi connectivity index (χ3v) is 5.34. The number of aliphatic hydroxyl groups excluding tert-OH is 1. The first-order chi connectivity index (χ1) is 16.1. The Balaban J connectivity index is 3.06. The number of hydrogen-bond donors (Lipinski definition) is 7. The number of benzene rings is 1. The van der Waals surface area contributed by atoms with Crippen molar-refractivity contribution in [3.05, 3.63) is 35.9 Å². The molecule has 0 bridgehead atoms. The number of aliphatic hydroxyl groups is 1. The highest BCUT2D eigenvalue weighted by molar-refractivity contribution is 7.98. The van der Waals surface area contributed by atoms with Crippen molar-refractivity contribution in [2.24, 2.45) is 5.73 Å². The maximum atomic E-state index is 13.0. The summed E-state index contributed by atoms with van der Waals surface area (Å²) in [6.45, 7) is -0.935. The molecule has 8 N–H and O–H groups in total. The molecule has 4 atom stereocenters. The van der Waals surface area contributed by atoms with Gasteiger partial charge in [-0.15, -0.1) is 0 Å². The van der Waals surface area contributed by atoms with E-state index in [1.807, 2.05) is 11.6 Å². The van der Waals surface area contributed by atoms with Gasteiger partial charge in [-0.25, -0.2) is 4.79 Å². The van der Waals surface area contributed by atoms with Gasteiger partial charge in [0, 0.05) is 6.42 Å². The minimum atomic E-state index is -1.69. The molecule has 1 aromatic carbocycles. The predicted octanol–water partition coefficient (Wildman–Crippen LogP) is -1.68. The molecule has 0 saturated carbocycles. The van der Waals surface area contributed by atoms with Crippen LogP contribution in [0.1, 0.15) is 18.4 Å². The Morgan fingerprint density at radius 1 is 0.912 bits per heavy atom. The second-order valence-corrected chi connectivity index (χ2v) is 8.37. The summed E-state index contributed by atoms with van der Waals surface area (Å²) >= 11 is 1.50. The molecule has 1 rings (SSSR count). The molecule has 0 aliphatic rings. The lowest BCUT2D eigenvalue weighted by Gasteiger charge is -2.24. The zero-order valence-electron chi connectivity index (χ0n) is 18.6. The second kappa shape index (κ2) is 14.9. The molecule has 0 aliphatic carbocycles. The Bertz CT molecular complexity index is 854. The van der Waals surface area contributed by atoms with Crippen LogP contribution >= 0.6 is 11.8 Å². The normalized spacial score (nSPS) is 14.2. The summed E-state index contributed by atoms with van der Waals surface area (Å²) in [4.78, 5) is 60.3. The highest BCUT2D eigenvalue weighted by Gasteiger charge is 2.31. The number of aliphatic carboxylic acids is 2. The van der Waals surface area contributed by atoms with Gasteiger partial charge in [-0.1, -0.05) is 30.3 Å². The molecule has 0 radical (unpaired) electrons. The molecule has 1 aromatic rings. The van der Waals surface area contributed by atoms with Gasteiger partial charge in [0.1, 0.15) is 18.1 Å². The molecule has 188 valence electrons. The number of amides is 3. The smallest absolute Gasteiger partial charge is 0.328 e. The van der Waals surface area contributed by atoms with E-state index in [1.165, 1.54) is 11.8 Å². The lowest BCUT2D eigenvalue weighted by atomic mass is 10.0. The predicted molar refractivity (Wildman–Crippen MR) is 124 cm³/mol. The number of hydrogen-bond acceptors (Lipinski definition) is 8. The topological polar surface area (TPSA) is 208 Å². The summed E-state index contributed by atoms with van der Waals surface area (Å²) in [5.41, 5.74) is 6.57. The van der Waals surface area contributed by atoms with Crippen LogP contribution in [0.2, 0.25) is 0 Å². The quantitative estimate of drug-likeness (QED) is 0.146. The molecule has 12 nitrogen and oxygen atoms in total. The number of carboxylic acids is 2. The van der Waals surface area contributed by atoms with Crippen LogP contribution in [0, 0.1) is 0 Å². The van der Waals surface area contributed by atoms with Crippen molar-refractivity contribution in [3.8, 4) is 0 Å². The Hall–Kier alpha value is -3.16. The van der Waals surface area contributed by atoms with Crippen molar-refractivity contribution in [2.75, 3.05) is 18.6 Å². The van der Waals surface area contributed by atoms with Crippen LogP contribution in [-0.4, -0.2) is 87.8 Å². The number of carbonyl (C=O) groups is 5. The summed E-state index contributed by atoms with van der Waals surface area (Å²) in [5, 5.41) is 34.0. The highest BCUT2D eigenvalue weighted by atomic mass is 32.2. The van der Waals surface area contributed by atoms with E-state index in [4.69, 9.17) is 21.1 Å². The third-order valence-electron chi connectivity index (χ3n) is 4.69. The van der Waals surface area contributed by atoms with E-state index in [1.54, 1.807) is 30.3 Å². The van der Waals surface area contributed by atoms with Gasteiger partial charge in [-0.05, 0) is 24.0 Å². The monoisotopic (exact) mass is 498 g/mol. The molecule has 13 heteroatoms. The molecular weight excluding hydrogens is 468 g/mol. The zero-order valence-corrected chi connectivity index (χ0v) is 19.4. The van der Waals surface area contributed by atoms with Gasteiger partial charge < -0.3 is 37.0 Å². The zero-order chi connectivity index (χ0) is 25.7. The summed E-state index contributed by atoms with van der Waals surface area (Å²) in [6, 6.07) is 3.28. The minimum absolute atomic E-state index is 0.0312. The second-order valence-electron chi connectivity index (χ2n) is 7.38. The molecule has 0 spiro atoms. The molecule has 0 aromatic heterocycles. The fourth-order valence-corrected chi connectivity index (χ4v) is 3.32. The maximum Gasteiger partial charge on any atom is 0.328 e. The van der Waals surface area contributed by atoms with E-state index in [2.05, 4.69) is 10.6 Å². The van der Waals surface area contributed by atoms with E-state index in [0.29, 0.717) is 17.7 Å². The van der Waals surface area contributed by atoms with Gasteiger partial charge in [0.05, 0.1) is 19.1 Å². The highest BCUT2D eigenvalue weighted by Crippen LogP contribution is 2.06. The van der Waals surface area contributed by atoms with Crippen LogP contribution in [0.4, 0.5) is 0 Å². The van der Waals surface area contributed by atoms with Gasteiger partial charge in [0.25, 0.3) is 0 Å². The minimum Gasteiger partial charge on any atom is -0.481 e. The van der Waals surface area contributed by atoms with Crippen molar-refractivity contribution in [2.45, 2.75) is 43.4 Å². The van der Waals surface area contributed by atoms with Gasteiger partial charge in [-0.2, -0.15) is 11.8 Å². The van der Waals surface area contributed by atoms with Crippen molar-refractivity contribution < 1.29 is 39.3 Å². The third kappa shape index (κ3) is 10.2. The molecule has 0 heterocycles. The first-order valence-corrected chi connectivity index (χ1v) is 11.7. The fourth-order valence-electron chi connectivity index (χ4n) is 2.83. The number of thioether (sulfide) groups is 1. The van der Waals surface area contributed by atoms with E-state index in [0.717, 1.165) is 0 Å².